The molecule has 0 saturated heterocycles. The zero-order valence-corrected chi connectivity index (χ0v) is 12.2. The van der Waals surface area contributed by atoms with Gasteiger partial charge in [0, 0.05) is 12.6 Å². The van der Waals surface area contributed by atoms with Gasteiger partial charge in [-0.05, 0) is 33.0 Å². The molecule has 4 nitrogen and oxygen atoms in total. The van der Waals surface area contributed by atoms with Crippen LogP contribution in [-0.2, 0) is 11.3 Å². The Bertz CT molecular complexity index is 424. The summed E-state index contributed by atoms with van der Waals surface area (Å²) in [6, 6.07) is 3.48. The van der Waals surface area contributed by atoms with Crippen molar-refractivity contribution in [1.82, 2.24) is 15.2 Å². The van der Waals surface area contributed by atoms with Gasteiger partial charge >= 0.3 is 0 Å². The fourth-order valence-electron chi connectivity index (χ4n) is 1.49. The van der Waals surface area contributed by atoms with E-state index in [0.717, 1.165) is 0 Å². The number of likely N-dealkylation sites (N-methyl/N-ethyl adjacent to an activating group) is 1. The number of carbonyl (C=O) groups is 1. The quantitative estimate of drug-likeness (QED) is 0.847. The molecule has 0 bridgehead atoms. The lowest BCUT2D eigenvalue weighted by atomic mass is 10.3. The van der Waals surface area contributed by atoms with E-state index < -0.39 is 0 Å². The first kappa shape index (κ1) is 15.2. The molecule has 0 aliphatic carbocycles. The van der Waals surface area contributed by atoms with E-state index >= 15 is 0 Å². The maximum absolute atomic E-state index is 11.6. The summed E-state index contributed by atoms with van der Waals surface area (Å²) < 4.78 is 0. The number of nitrogens with zero attached hydrogens (tertiary/aromatic N) is 2. The van der Waals surface area contributed by atoms with Crippen molar-refractivity contribution in [2.24, 2.45) is 0 Å². The van der Waals surface area contributed by atoms with Gasteiger partial charge < -0.3 is 5.32 Å². The summed E-state index contributed by atoms with van der Waals surface area (Å²) in [6.45, 7) is 4.62. The number of carbonyl (C=O) groups excluding carboxylic acids is 1. The first-order valence-electron chi connectivity index (χ1n) is 5.67. The molecule has 0 spiro atoms. The molecule has 1 amide bonds. The van der Waals surface area contributed by atoms with Gasteiger partial charge in [-0.15, -0.1) is 0 Å². The maximum atomic E-state index is 11.6. The van der Waals surface area contributed by atoms with Crippen molar-refractivity contribution in [3.05, 3.63) is 28.0 Å². The number of aromatic nitrogens is 1. The van der Waals surface area contributed by atoms with Crippen molar-refractivity contribution in [1.29, 1.82) is 0 Å². The highest BCUT2D eigenvalue weighted by Crippen LogP contribution is 2.17. The van der Waals surface area contributed by atoms with E-state index in [2.05, 4.69) is 10.3 Å². The number of hydrogen-bond donors (Lipinski definition) is 1. The normalized spacial score (nSPS) is 11.1. The molecule has 1 N–H and O–H groups in total. The van der Waals surface area contributed by atoms with Gasteiger partial charge in [0.05, 0.1) is 17.3 Å². The van der Waals surface area contributed by atoms with E-state index in [9.17, 15) is 4.79 Å². The third-order valence-corrected chi connectivity index (χ3v) is 2.72. The molecule has 1 aromatic rings. The number of nitrogens with one attached hydrogen (secondary N) is 1. The maximum Gasteiger partial charge on any atom is 0.234 e. The lowest BCUT2D eigenvalue weighted by molar-refractivity contribution is -0.122. The van der Waals surface area contributed by atoms with Gasteiger partial charge in [0.15, 0.2) is 0 Å². The van der Waals surface area contributed by atoms with Crippen molar-refractivity contribution >= 4 is 29.1 Å². The second-order valence-corrected chi connectivity index (χ2v) is 5.25. The highest BCUT2D eigenvalue weighted by atomic mass is 35.5. The Morgan fingerprint density at radius 3 is 2.72 bits per heavy atom. The summed E-state index contributed by atoms with van der Waals surface area (Å²) in [7, 11) is 1.83. The highest BCUT2D eigenvalue weighted by Gasteiger charge is 2.11. The van der Waals surface area contributed by atoms with Crippen LogP contribution < -0.4 is 5.32 Å². The van der Waals surface area contributed by atoms with Crippen LogP contribution in [0.25, 0.3) is 0 Å². The van der Waals surface area contributed by atoms with E-state index in [4.69, 9.17) is 23.2 Å². The number of hydrogen-bond acceptors (Lipinski definition) is 3. The molecule has 100 valence electrons. The Balaban J connectivity index is 2.56. The molecule has 18 heavy (non-hydrogen) atoms. The number of amides is 1. The number of halogens is 2. The van der Waals surface area contributed by atoms with Crippen LogP contribution in [-0.4, -0.2) is 35.4 Å². The second kappa shape index (κ2) is 6.92. The molecule has 1 heterocycles. The number of rotatable bonds is 5. The molecule has 0 aliphatic rings. The fourth-order valence-corrected chi connectivity index (χ4v) is 1.82. The molecule has 0 unspecified atom stereocenters. The van der Waals surface area contributed by atoms with Gasteiger partial charge in [-0.3, -0.25) is 9.69 Å². The Kier molecular flexibility index (Phi) is 5.85. The van der Waals surface area contributed by atoms with Gasteiger partial charge in [-0.2, -0.15) is 0 Å². The summed E-state index contributed by atoms with van der Waals surface area (Å²) in [6.07, 6.45) is 0. The van der Waals surface area contributed by atoms with Crippen LogP contribution in [0.2, 0.25) is 10.2 Å². The Labute approximate surface area is 117 Å². The smallest absolute Gasteiger partial charge is 0.234 e. The Morgan fingerprint density at radius 1 is 1.44 bits per heavy atom. The van der Waals surface area contributed by atoms with Crippen molar-refractivity contribution < 1.29 is 4.79 Å². The minimum Gasteiger partial charge on any atom is -0.353 e. The average Bonchev–Trinajstić information content (AvgIpc) is 2.21. The van der Waals surface area contributed by atoms with Gasteiger partial charge in [0.25, 0.3) is 0 Å². The summed E-state index contributed by atoms with van der Waals surface area (Å²) in [5.41, 5.74) is 0.670. The van der Waals surface area contributed by atoms with Crippen LogP contribution in [0.3, 0.4) is 0 Å². The predicted octanol–water partition coefficient (Wildman–Crippen LogP) is 2.34. The predicted molar refractivity (Wildman–Crippen MR) is 73.9 cm³/mol. The molecule has 0 aliphatic heterocycles. The van der Waals surface area contributed by atoms with Crippen LogP contribution >= 0.6 is 23.2 Å². The highest BCUT2D eigenvalue weighted by molar-refractivity contribution is 6.32. The topological polar surface area (TPSA) is 45.2 Å². The zero-order chi connectivity index (χ0) is 13.7. The fraction of sp³-hybridized carbons (Fsp3) is 0.500. The number of pyridine rings is 1. The van der Waals surface area contributed by atoms with E-state index in [0.29, 0.717) is 29.0 Å². The van der Waals surface area contributed by atoms with Gasteiger partial charge in [-0.25, -0.2) is 4.98 Å². The van der Waals surface area contributed by atoms with Crippen LogP contribution in [0.1, 0.15) is 19.5 Å². The third-order valence-electron chi connectivity index (χ3n) is 2.17. The summed E-state index contributed by atoms with van der Waals surface area (Å²) in [5.74, 6) is -0.0225. The van der Waals surface area contributed by atoms with Gasteiger partial charge in [-0.1, -0.05) is 23.2 Å². The minimum absolute atomic E-state index is 0.0225. The summed E-state index contributed by atoms with van der Waals surface area (Å²) in [5, 5.41) is 3.77. The molecular formula is C12H17Cl2N3O. The molecule has 0 atom stereocenters. The lowest BCUT2D eigenvalue weighted by Gasteiger charge is -2.17. The van der Waals surface area contributed by atoms with Crippen LogP contribution in [0.15, 0.2) is 12.1 Å². The van der Waals surface area contributed by atoms with E-state index in [-0.39, 0.29) is 11.9 Å². The van der Waals surface area contributed by atoms with Crippen molar-refractivity contribution in [2.75, 3.05) is 13.6 Å². The van der Waals surface area contributed by atoms with Crippen molar-refractivity contribution in [2.45, 2.75) is 26.4 Å². The monoisotopic (exact) mass is 289 g/mol. The Hall–Kier alpha value is -0.840. The summed E-state index contributed by atoms with van der Waals surface area (Å²) >= 11 is 11.8. The molecule has 6 heteroatoms. The van der Waals surface area contributed by atoms with Crippen LogP contribution in [0.5, 0.6) is 0 Å². The molecule has 1 rings (SSSR count). The molecule has 0 radical (unpaired) electrons. The van der Waals surface area contributed by atoms with Gasteiger partial charge in [0.1, 0.15) is 5.15 Å². The Morgan fingerprint density at radius 2 is 2.11 bits per heavy atom. The SMILES string of the molecule is CC(C)NC(=O)CN(C)Cc1nc(Cl)ccc1Cl. The summed E-state index contributed by atoms with van der Waals surface area (Å²) in [4.78, 5) is 17.6. The van der Waals surface area contributed by atoms with Crippen LogP contribution in [0, 0.1) is 0 Å². The molecular weight excluding hydrogens is 273 g/mol. The molecule has 1 aromatic heterocycles. The average molecular weight is 290 g/mol. The molecule has 0 saturated carbocycles. The first-order chi connectivity index (χ1) is 8.38. The zero-order valence-electron chi connectivity index (χ0n) is 10.7. The molecule has 0 fully saturated rings. The standard InChI is InChI=1S/C12H17Cl2N3O/c1-8(2)15-12(18)7-17(3)6-10-9(13)4-5-11(14)16-10/h4-5,8H,6-7H2,1-3H3,(H,15,18). The van der Waals surface area contributed by atoms with E-state index in [1.165, 1.54) is 0 Å². The van der Waals surface area contributed by atoms with E-state index in [1.807, 2.05) is 25.8 Å². The minimum atomic E-state index is -0.0225. The largest absolute Gasteiger partial charge is 0.353 e. The van der Waals surface area contributed by atoms with E-state index in [1.54, 1.807) is 12.1 Å². The van der Waals surface area contributed by atoms with Crippen LogP contribution in [0.4, 0.5) is 0 Å². The lowest BCUT2D eigenvalue weighted by Crippen LogP contribution is -2.38. The van der Waals surface area contributed by atoms with Crippen molar-refractivity contribution in [3.63, 3.8) is 0 Å². The first-order valence-corrected chi connectivity index (χ1v) is 6.43. The van der Waals surface area contributed by atoms with Gasteiger partial charge in [0.2, 0.25) is 5.91 Å². The third kappa shape index (κ3) is 5.21. The van der Waals surface area contributed by atoms with Crippen molar-refractivity contribution in [3.8, 4) is 0 Å². The second-order valence-electron chi connectivity index (χ2n) is 4.46. The molecule has 0 aromatic carbocycles.